The maximum absolute atomic E-state index is 13.4. The minimum Gasteiger partial charge on any atom is -0.268 e. The van der Waals surface area contributed by atoms with Gasteiger partial charge in [0.15, 0.2) is 0 Å². The van der Waals surface area contributed by atoms with Crippen LogP contribution in [0.4, 0.5) is 0 Å². The molecule has 0 unspecified atom stereocenters. The van der Waals surface area contributed by atoms with Crippen molar-refractivity contribution in [3.05, 3.63) is 75.7 Å². The monoisotopic (exact) mass is 322 g/mol. The first kappa shape index (κ1) is 13.1. The first-order valence-corrected chi connectivity index (χ1v) is 8.60. The number of benzene rings is 3. The molecule has 6 rings (SSSR count). The predicted molar refractivity (Wildman–Crippen MR) is 102 cm³/mol. The van der Waals surface area contributed by atoms with Crippen LogP contribution >= 0.6 is 0 Å². The molecule has 1 aliphatic carbocycles. The summed E-state index contributed by atoms with van der Waals surface area (Å²) in [4.78, 5) is 18.3. The van der Waals surface area contributed by atoms with Crippen molar-refractivity contribution in [2.45, 2.75) is 12.8 Å². The summed E-state index contributed by atoms with van der Waals surface area (Å²) in [6, 6.07) is 18.3. The average molecular weight is 322 g/mol. The maximum Gasteiger partial charge on any atom is 0.264 e. The minimum atomic E-state index is 0.0247. The van der Waals surface area contributed by atoms with Gasteiger partial charge in [0.2, 0.25) is 0 Å². The van der Waals surface area contributed by atoms with Crippen LogP contribution in [0.1, 0.15) is 12.0 Å². The molecule has 3 aromatic carbocycles. The van der Waals surface area contributed by atoms with Gasteiger partial charge < -0.3 is 0 Å². The molecular weight excluding hydrogens is 308 g/mol. The summed E-state index contributed by atoms with van der Waals surface area (Å²) in [5.74, 6) is 0. The Kier molecular flexibility index (Phi) is 2.34. The highest BCUT2D eigenvalue weighted by Crippen LogP contribution is 2.26. The number of fused-ring (bicyclic) bond motifs is 3. The van der Waals surface area contributed by atoms with Crippen molar-refractivity contribution in [1.29, 1.82) is 0 Å². The lowest BCUT2D eigenvalue weighted by atomic mass is 9.95. The SMILES string of the molecule is O=c1c2cccc3c2c(c2nc4cccc5cccc(c54)n12)=CCC3. The summed E-state index contributed by atoms with van der Waals surface area (Å²) in [6.45, 7) is 0. The van der Waals surface area contributed by atoms with E-state index in [1.54, 1.807) is 4.40 Å². The molecule has 5 aromatic rings. The minimum absolute atomic E-state index is 0.0247. The van der Waals surface area contributed by atoms with Crippen LogP contribution in [0.3, 0.4) is 0 Å². The van der Waals surface area contributed by atoms with Crippen molar-refractivity contribution >= 4 is 44.3 Å². The first-order chi connectivity index (χ1) is 12.3. The number of pyridine rings is 1. The van der Waals surface area contributed by atoms with Crippen LogP contribution in [-0.2, 0) is 6.42 Å². The number of rotatable bonds is 0. The van der Waals surface area contributed by atoms with Crippen molar-refractivity contribution in [3.63, 3.8) is 0 Å². The van der Waals surface area contributed by atoms with Gasteiger partial charge in [-0.25, -0.2) is 4.98 Å². The molecule has 3 heteroatoms. The van der Waals surface area contributed by atoms with E-state index >= 15 is 0 Å². The molecule has 0 bridgehead atoms. The van der Waals surface area contributed by atoms with Gasteiger partial charge in [0.1, 0.15) is 5.65 Å². The Morgan fingerprint density at radius 3 is 2.68 bits per heavy atom. The topological polar surface area (TPSA) is 34.4 Å². The van der Waals surface area contributed by atoms with E-state index in [9.17, 15) is 4.79 Å². The van der Waals surface area contributed by atoms with Crippen molar-refractivity contribution in [1.82, 2.24) is 9.38 Å². The highest BCUT2D eigenvalue weighted by molar-refractivity contribution is 6.08. The molecule has 0 atom stereocenters. The summed E-state index contributed by atoms with van der Waals surface area (Å²) < 4.78 is 1.80. The lowest BCUT2D eigenvalue weighted by molar-refractivity contribution is 1.02. The summed E-state index contributed by atoms with van der Waals surface area (Å²) in [5, 5.41) is 5.14. The lowest BCUT2D eigenvalue weighted by Crippen LogP contribution is -2.26. The van der Waals surface area contributed by atoms with Crippen molar-refractivity contribution in [2.75, 3.05) is 0 Å². The van der Waals surface area contributed by atoms with E-state index in [2.05, 4.69) is 24.3 Å². The molecule has 2 aromatic heterocycles. The normalized spacial score (nSPS) is 13.8. The van der Waals surface area contributed by atoms with Crippen LogP contribution in [0, 0.1) is 0 Å². The Morgan fingerprint density at radius 1 is 0.920 bits per heavy atom. The van der Waals surface area contributed by atoms with E-state index in [1.807, 2.05) is 36.4 Å². The van der Waals surface area contributed by atoms with Crippen LogP contribution in [0.25, 0.3) is 44.3 Å². The third kappa shape index (κ3) is 1.55. The fourth-order valence-electron chi connectivity index (χ4n) is 4.35. The molecule has 0 saturated carbocycles. The molecule has 25 heavy (non-hydrogen) atoms. The molecule has 0 spiro atoms. The van der Waals surface area contributed by atoms with Gasteiger partial charge in [-0.05, 0) is 42.0 Å². The Hall–Kier alpha value is -3.20. The van der Waals surface area contributed by atoms with Gasteiger partial charge in [-0.15, -0.1) is 0 Å². The van der Waals surface area contributed by atoms with Crippen molar-refractivity contribution in [3.8, 4) is 0 Å². The zero-order valence-electron chi connectivity index (χ0n) is 13.5. The van der Waals surface area contributed by atoms with E-state index in [0.717, 1.165) is 56.3 Å². The van der Waals surface area contributed by atoms with E-state index in [0.29, 0.717) is 0 Å². The van der Waals surface area contributed by atoms with Crippen LogP contribution in [0.15, 0.2) is 59.4 Å². The highest BCUT2D eigenvalue weighted by Gasteiger charge is 2.17. The number of aromatic nitrogens is 2. The summed E-state index contributed by atoms with van der Waals surface area (Å²) in [7, 11) is 0. The average Bonchev–Trinajstić information content (AvgIpc) is 2.66. The summed E-state index contributed by atoms with van der Waals surface area (Å²) in [5.41, 5.74) is 3.93. The number of nitrogens with zero attached hydrogens (tertiary/aromatic N) is 2. The molecule has 0 amide bonds. The van der Waals surface area contributed by atoms with Crippen LogP contribution in [0.2, 0.25) is 0 Å². The Balaban J connectivity index is 2.07. The second-order valence-corrected chi connectivity index (χ2v) is 6.72. The molecule has 3 nitrogen and oxygen atoms in total. The van der Waals surface area contributed by atoms with Gasteiger partial charge in [0, 0.05) is 21.4 Å². The second-order valence-electron chi connectivity index (χ2n) is 6.72. The van der Waals surface area contributed by atoms with E-state index in [1.165, 1.54) is 5.56 Å². The summed E-state index contributed by atoms with van der Waals surface area (Å²) >= 11 is 0. The fourth-order valence-corrected chi connectivity index (χ4v) is 4.35. The zero-order chi connectivity index (χ0) is 16.5. The third-order valence-electron chi connectivity index (χ3n) is 5.40. The zero-order valence-corrected chi connectivity index (χ0v) is 13.5. The smallest absolute Gasteiger partial charge is 0.264 e. The fraction of sp³-hybridized carbons (Fsp3) is 0.0909. The molecule has 2 heterocycles. The molecule has 0 aliphatic heterocycles. The molecule has 1 aliphatic rings. The third-order valence-corrected chi connectivity index (χ3v) is 5.40. The Bertz CT molecular complexity index is 1460. The van der Waals surface area contributed by atoms with E-state index in [-0.39, 0.29) is 5.56 Å². The van der Waals surface area contributed by atoms with Gasteiger partial charge in [0.25, 0.3) is 5.56 Å². The Labute approximate surface area is 142 Å². The molecule has 0 N–H and O–H groups in total. The van der Waals surface area contributed by atoms with E-state index in [4.69, 9.17) is 4.98 Å². The Morgan fingerprint density at radius 2 is 1.76 bits per heavy atom. The van der Waals surface area contributed by atoms with Gasteiger partial charge >= 0.3 is 0 Å². The second kappa shape index (κ2) is 4.45. The van der Waals surface area contributed by atoms with Crippen LogP contribution < -0.4 is 10.8 Å². The van der Waals surface area contributed by atoms with Gasteiger partial charge in [-0.3, -0.25) is 9.20 Å². The molecular formula is C22H14N2O. The molecule has 0 radical (unpaired) electrons. The van der Waals surface area contributed by atoms with Crippen LogP contribution in [0.5, 0.6) is 0 Å². The van der Waals surface area contributed by atoms with Gasteiger partial charge in [-0.1, -0.05) is 42.5 Å². The van der Waals surface area contributed by atoms with Gasteiger partial charge in [0.05, 0.1) is 11.0 Å². The van der Waals surface area contributed by atoms with E-state index < -0.39 is 0 Å². The molecule has 0 fully saturated rings. The standard InChI is InChI=1S/C22H14N2O/c25-22-16-10-2-6-13-5-1-9-15(19(13)16)21-23-17-11-3-7-14-8-4-12-18(20(14)17)24(21)22/h2-4,6-12H,1,5H2. The summed E-state index contributed by atoms with van der Waals surface area (Å²) in [6.07, 6.45) is 4.20. The molecule has 0 saturated heterocycles. The lowest BCUT2D eigenvalue weighted by Gasteiger charge is -2.16. The maximum atomic E-state index is 13.4. The van der Waals surface area contributed by atoms with Crippen LogP contribution in [-0.4, -0.2) is 9.38 Å². The first-order valence-electron chi connectivity index (χ1n) is 8.60. The predicted octanol–water partition coefficient (Wildman–Crippen LogP) is 3.60. The molecule has 118 valence electrons. The number of hydrogen-bond acceptors (Lipinski definition) is 2. The largest absolute Gasteiger partial charge is 0.268 e. The number of hydrogen-bond donors (Lipinski definition) is 0. The quantitative estimate of drug-likeness (QED) is 0.322. The number of aryl methyl sites for hydroxylation is 1. The van der Waals surface area contributed by atoms with Crippen molar-refractivity contribution < 1.29 is 0 Å². The van der Waals surface area contributed by atoms with Crippen molar-refractivity contribution in [2.24, 2.45) is 0 Å². The highest BCUT2D eigenvalue weighted by atomic mass is 16.1. The van der Waals surface area contributed by atoms with Gasteiger partial charge in [-0.2, -0.15) is 0 Å².